The minimum Gasteiger partial charge on any atom is -0.490 e. The molecule has 2 heterocycles. The smallest absolute Gasteiger partial charge is 0.167 e. The van der Waals surface area contributed by atoms with Gasteiger partial charge in [-0.25, -0.2) is 0 Å². The molecule has 4 rings (SSSR count). The van der Waals surface area contributed by atoms with E-state index in [0.29, 0.717) is 29.1 Å². The molecule has 0 saturated carbocycles. The molecule has 3 aromatic rings. The Morgan fingerprint density at radius 2 is 1.94 bits per heavy atom. The molecule has 0 N–H and O–H groups in total. The monoisotopic (exact) mass is 437 g/mol. The second-order valence-electron chi connectivity index (χ2n) is 8.15. The number of nitrogens with zero attached hydrogens (tertiary/aromatic N) is 3. The zero-order chi connectivity index (χ0) is 21.8. The van der Waals surface area contributed by atoms with Crippen LogP contribution in [0.4, 0.5) is 0 Å². The van der Waals surface area contributed by atoms with E-state index in [4.69, 9.17) is 20.9 Å². The maximum atomic E-state index is 6.23. The number of piperidine rings is 1. The normalized spacial score (nSPS) is 15.1. The highest BCUT2D eigenvalue weighted by atomic mass is 35.5. The van der Waals surface area contributed by atoms with Crippen LogP contribution in [0.2, 0.25) is 5.02 Å². The van der Waals surface area contributed by atoms with Crippen LogP contribution in [0.3, 0.4) is 0 Å². The number of hydrogen-bond donors (Lipinski definition) is 0. The molecule has 0 aliphatic carbocycles. The largest absolute Gasteiger partial charge is 0.490 e. The fourth-order valence-corrected chi connectivity index (χ4v) is 3.86. The summed E-state index contributed by atoms with van der Waals surface area (Å²) in [6, 6.07) is 17.7. The SMILES string of the molecule is C=C(c1cc(-c2ccc(Cl)cc2)on1)N(C)Cc1cccc(OC2CCN(C)CC2)c1. The first-order valence-electron chi connectivity index (χ1n) is 10.5. The molecule has 2 aromatic carbocycles. The second-order valence-corrected chi connectivity index (χ2v) is 8.59. The molecule has 1 saturated heterocycles. The number of benzene rings is 2. The van der Waals surface area contributed by atoms with Gasteiger partial charge in [0.1, 0.15) is 17.5 Å². The van der Waals surface area contributed by atoms with Crippen LogP contribution < -0.4 is 4.74 Å². The van der Waals surface area contributed by atoms with E-state index in [0.717, 1.165) is 48.5 Å². The first-order valence-corrected chi connectivity index (χ1v) is 10.9. The van der Waals surface area contributed by atoms with Crippen LogP contribution in [0.25, 0.3) is 17.0 Å². The molecule has 0 bridgehead atoms. The predicted molar refractivity (Wildman–Crippen MR) is 125 cm³/mol. The van der Waals surface area contributed by atoms with Gasteiger partial charge in [0.15, 0.2) is 5.76 Å². The molecular formula is C25H28ClN3O2. The zero-order valence-electron chi connectivity index (χ0n) is 18.1. The molecule has 162 valence electrons. The minimum atomic E-state index is 0.292. The van der Waals surface area contributed by atoms with Gasteiger partial charge >= 0.3 is 0 Å². The minimum absolute atomic E-state index is 0.292. The van der Waals surface area contributed by atoms with Crippen LogP contribution in [-0.2, 0) is 6.54 Å². The zero-order valence-corrected chi connectivity index (χ0v) is 18.8. The van der Waals surface area contributed by atoms with E-state index in [1.807, 2.05) is 49.5 Å². The van der Waals surface area contributed by atoms with Crippen molar-refractivity contribution in [1.29, 1.82) is 0 Å². The standard InChI is InChI=1S/C25H28ClN3O2/c1-18(24-16-25(31-27-24)20-7-9-21(26)10-8-20)29(3)17-19-5-4-6-23(15-19)30-22-11-13-28(2)14-12-22/h4-10,15-16,22H,1,11-14,17H2,2-3H3. The van der Waals surface area contributed by atoms with Gasteiger partial charge < -0.3 is 19.1 Å². The summed E-state index contributed by atoms with van der Waals surface area (Å²) in [6.07, 6.45) is 2.43. The van der Waals surface area contributed by atoms with Gasteiger partial charge in [-0.2, -0.15) is 0 Å². The number of halogens is 1. The molecular weight excluding hydrogens is 410 g/mol. The molecule has 6 heteroatoms. The van der Waals surface area contributed by atoms with Gasteiger partial charge in [-0.15, -0.1) is 0 Å². The second kappa shape index (κ2) is 9.58. The van der Waals surface area contributed by atoms with Crippen LogP contribution in [0.1, 0.15) is 24.1 Å². The van der Waals surface area contributed by atoms with Crippen molar-refractivity contribution >= 4 is 17.3 Å². The van der Waals surface area contributed by atoms with Gasteiger partial charge in [-0.3, -0.25) is 0 Å². The highest BCUT2D eigenvalue weighted by Crippen LogP contribution is 2.27. The maximum absolute atomic E-state index is 6.23. The Morgan fingerprint density at radius 3 is 2.68 bits per heavy atom. The summed E-state index contributed by atoms with van der Waals surface area (Å²) in [7, 11) is 4.16. The average molecular weight is 438 g/mol. The molecule has 5 nitrogen and oxygen atoms in total. The van der Waals surface area contributed by atoms with Gasteiger partial charge in [0, 0.05) is 43.3 Å². The van der Waals surface area contributed by atoms with E-state index in [-0.39, 0.29) is 0 Å². The quantitative estimate of drug-likeness (QED) is 0.483. The fourth-order valence-electron chi connectivity index (χ4n) is 3.74. The van der Waals surface area contributed by atoms with E-state index in [1.54, 1.807) is 0 Å². The lowest BCUT2D eigenvalue weighted by Gasteiger charge is -2.29. The van der Waals surface area contributed by atoms with Gasteiger partial charge in [0.25, 0.3) is 0 Å². The Bertz CT molecular complexity index is 1020. The number of likely N-dealkylation sites (tertiary alicyclic amines) is 1. The Kier molecular flexibility index (Phi) is 6.64. The van der Waals surface area contributed by atoms with E-state index in [9.17, 15) is 0 Å². The van der Waals surface area contributed by atoms with E-state index in [1.165, 1.54) is 0 Å². The van der Waals surface area contributed by atoms with E-state index < -0.39 is 0 Å². The lowest BCUT2D eigenvalue weighted by molar-refractivity contribution is 0.114. The lowest BCUT2D eigenvalue weighted by atomic mass is 10.1. The molecule has 1 fully saturated rings. The third-order valence-corrected chi connectivity index (χ3v) is 5.93. The third kappa shape index (κ3) is 5.49. The highest BCUT2D eigenvalue weighted by Gasteiger charge is 2.18. The summed E-state index contributed by atoms with van der Waals surface area (Å²) in [4.78, 5) is 4.41. The van der Waals surface area contributed by atoms with Crippen LogP contribution >= 0.6 is 11.6 Å². The molecule has 0 atom stereocenters. The Morgan fingerprint density at radius 1 is 1.19 bits per heavy atom. The van der Waals surface area contributed by atoms with Crippen molar-refractivity contribution in [3.05, 3.63) is 77.5 Å². The summed E-state index contributed by atoms with van der Waals surface area (Å²) < 4.78 is 11.7. The molecule has 1 aromatic heterocycles. The number of rotatable bonds is 7. The summed E-state index contributed by atoms with van der Waals surface area (Å²) in [6.45, 7) is 7.08. The molecule has 1 aliphatic heterocycles. The molecule has 0 unspecified atom stereocenters. The van der Waals surface area contributed by atoms with Crippen molar-refractivity contribution in [3.8, 4) is 17.1 Å². The van der Waals surface area contributed by atoms with E-state index >= 15 is 0 Å². The third-order valence-electron chi connectivity index (χ3n) is 5.68. The van der Waals surface area contributed by atoms with Crippen molar-refractivity contribution in [1.82, 2.24) is 15.0 Å². The van der Waals surface area contributed by atoms with Gasteiger partial charge in [0.05, 0.1) is 5.70 Å². The molecule has 1 aliphatic rings. The summed E-state index contributed by atoms with van der Waals surface area (Å²) in [5.74, 6) is 1.62. The van der Waals surface area contributed by atoms with Gasteiger partial charge in [-0.1, -0.05) is 35.5 Å². The van der Waals surface area contributed by atoms with Crippen LogP contribution in [0.15, 0.2) is 65.7 Å². The first-order chi connectivity index (χ1) is 15.0. The van der Waals surface area contributed by atoms with Crippen molar-refractivity contribution in [2.75, 3.05) is 27.2 Å². The van der Waals surface area contributed by atoms with E-state index in [2.05, 4.69) is 40.7 Å². The molecule has 0 amide bonds. The topological polar surface area (TPSA) is 41.7 Å². The van der Waals surface area contributed by atoms with Crippen LogP contribution in [-0.4, -0.2) is 48.2 Å². The Balaban J connectivity index is 1.38. The van der Waals surface area contributed by atoms with Crippen molar-refractivity contribution in [2.45, 2.75) is 25.5 Å². The average Bonchev–Trinajstić information content (AvgIpc) is 3.26. The Labute approximate surface area is 188 Å². The van der Waals surface area contributed by atoms with Crippen LogP contribution in [0.5, 0.6) is 5.75 Å². The van der Waals surface area contributed by atoms with Crippen molar-refractivity contribution in [2.24, 2.45) is 0 Å². The number of hydrogen-bond acceptors (Lipinski definition) is 5. The Hall–Kier alpha value is -2.76. The summed E-state index contributed by atoms with van der Waals surface area (Å²) in [5.41, 5.74) is 3.60. The van der Waals surface area contributed by atoms with Crippen LogP contribution in [0, 0.1) is 0 Å². The lowest BCUT2D eigenvalue weighted by Crippen LogP contribution is -2.35. The first kappa shape index (κ1) is 21.5. The number of ether oxygens (including phenoxy) is 1. The summed E-state index contributed by atoms with van der Waals surface area (Å²) in [5, 5.41) is 4.89. The van der Waals surface area contributed by atoms with Gasteiger partial charge in [-0.05, 0) is 61.9 Å². The van der Waals surface area contributed by atoms with Gasteiger partial charge in [0.2, 0.25) is 0 Å². The van der Waals surface area contributed by atoms with Crippen molar-refractivity contribution in [3.63, 3.8) is 0 Å². The highest BCUT2D eigenvalue weighted by molar-refractivity contribution is 6.30. The number of aromatic nitrogens is 1. The summed E-state index contributed by atoms with van der Waals surface area (Å²) >= 11 is 5.97. The molecule has 0 radical (unpaired) electrons. The molecule has 31 heavy (non-hydrogen) atoms. The maximum Gasteiger partial charge on any atom is 0.167 e. The predicted octanol–water partition coefficient (Wildman–Crippen LogP) is 5.57. The molecule has 0 spiro atoms. The fraction of sp³-hybridized carbons (Fsp3) is 0.320. The van der Waals surface area contributed by atoms with Crippen molar-refractivity contribution < 1.29 is 9.26 Å².